The highest BCUT2D eigenvalue weighted by atomic mass is 35.5. The van der Waals surface area contributed by atoms with Crippen LogP contribution in [0.25, 0.3) is 6.08 Å². The lowest BCUT2D eigenvalue weighted by atomic mass is 10.1. The molecule has 5 heterocycles. The largest absolute Gasteiger partial charge is 0.374 e. The third-order valence-corrected chi connectivity index (χ3v) is 9.51. The number of morpholine rings is 1. The Labute approximate surface area is 219 Å². The number of likely N-dealkylation sites (tertiary alicyclic amines) is 3. The van der Waals surface area contributed by atoms with E-state index in [2.05, 4.69) is 4.72 Å². The number of ether oxygens (including phenoxy) is 1. The Bertz CT molecular complexity index is 1170. The number of amides is 3. The quantitative estimate of drug-likeness (QED) is 0.541. The van der Waals surface area contributed by atoms with Crippen LogP contribution in [0.5, 0.6) is 0 Å². The first-order valence-corrected chi connectivity index (χ1v) is 14.9. The Kier molecular flexibility index (Phi) is 7.42. The van der Waals surface area contributed by atoms with Crippen molar-refractivity contribution in [1.29, 1.82) is 0 Å². The van der Waals surface area contributed by atoms with Crippen LogP contribution in [-0.4, -0.2) is 97.9 Å². The second-order valence-corrected chi connectivity index (χ2v) is 13.0. The van der Waals surface area contributed by atoms with Crippen LogP contribution in [0.3, 0.4) is 0 Å². The predicted molar refractivity (Wildman–Crippen MR) is 135 cm³/mol. The minimum absolute atomic E-state index is 0.0360. The van der Waals surface area contributed by atoms with Gasteiger partial charge in [0.05, 0.1) is 29.6 Å². The molecule has 1 N–H and O–H groups in total. The van der Waals surface area contributed by atoms with Crippen molar-refractivity contribution < 1.29 is 27.5 Å². The first-order chi connectivity index (χ1) is 17.2. The van der Waals surface area contributed by atoms with Crippen LogP contribution < -0.4 is 4.72 Å². The summed E-state index contributed by atoms with van der Waals surface area (Å²) in [6, 6.07) is 2.01. The summed E-state index contributed by atoms with van der Waals surface area (Å²) < 4.78 is 33.7. The fourth-order valence-corrected chi connectivity index (χ4v) is 7.53. The number of carbonyl (C=O) groups is 3. The smallest absolute Gasteiger partial charge is 0.245 e. The van der Waals surface area contributed by atoms with Gasteiger partial charge in [-0.05, 0) is 50.3 Å². The number of thiophene rings is 1. The van der Waals surface area contributed by atoms with E-state index in [1.165, 1.54) is 22.3 Å². The summed E-state index contributed by atoms with van der Waals surface area (Å²) in [4.78, 5) is 44.9. The van der Waals surface area contributed by atoms with E-state index < -0.39 is 28.0 Å². The predicted octanol–water partition coefficient (Wildman–Crippen LogP) is 1.27. The summed E-state index contributed by atoms with van der Waals surface area (Å²) in [6.45, 7) is 1.80. The third-order valence-electron chi connectivity index (χ3n) is 7.21. The number of hydrogen-bond acceptors (Lipinski definition) is 7. The van der Waals surface area contributed by atoms with Gasteiger partial charge in [-0.2, -0.15) is 4.72 Å². The standard InChI is InChI=1S/C23H29ClN4O6S2/c24-20-6-5-17(35-20)7-10-36(32,33)25-18-3-1-8-26(22(18)30)13-21(29)27-9-2-4-19(27)23(31)28-12-16-11-15(28)14-34-16/h5-7,10,15-16,18-19,25H,1-4,8-9,11-14H2/b10-7+/t15-,16-,18-,19-/m0/s1. The zero-order valence-corrected chi connectivity index (χ0v) is 22.1. The lowest BCUT2D eigenvalue weighted by molar-refractivity contribution is -0.149. The topological polar surface area (TPSA) is 116 Å². The highest BCUT2D eigenvalue weighted by Crippen LogP contribution is 2.31. The Balaban J connectivity index is 1.18. The molecular formula is C23H29ClN4O6S2. The molecule has 5 rings (SSSR count). The van der Waals surface area contributed by atoms with Crippen molar-refractivity contribution in [2.24, 2.45) is 0 Å². The van der Waals surface area contributed by atoms with Crippen molar-refractivity contribution in [1.82, 2.24) is 19.4 Å². The van der Waals surface area contributed by atoms with Crippen LogP contribution in [0, 0.1) is 0 Å². The van der Waals surface area contributed by atoms with E-state index >= 15 is 0 Å². The van der Waals surface area contributed by atoms with Crippen molar-refractivity contribution in [3.63, 3.8) is 0 Å². The summed E-state index contributed by atoms with van der Waals surface area (Å²) in [5, 5.41) is 1.02. The van der Waals surface area contributed by atoms with Crippen LogP contribution in [0.2, 0.25) is 4.34 Å². The maximum Gasteiger partial charge on any atom is 0.245 e. The van der Waals surface area contributed by atoms with Gasteiger partial charge in [-0.1, -0.05) is 11.6 Å². The van der Waals surface area contributed by atoms with E-state index in [4.69, 9.17) is 16.3 Å². The molecule has 2 bridgehead atoms. The first kappa shape index (κ1) is 25.7. The summed E-state index contributed by atoms with van der Waals surface area (Å²) in [6.07, 6.45) is 4.63. The molecule has 0 spiro atoms. The molecule has 36 heavy (non-hydrogen) atoms. The number of piperidine rings is 1. The molecule has 196 valence electrons. The zero-order chi connectivity index (χ0) is 25.4. The number of halogens is 1. The summed E-state index contributed by atoms with van der Waals surface area (Å²) in [7, 11) is -3.87. The highest BCUT2D eigenvalue weighted by molar-refractivity contribution is 7.92. The van der Waals surface area contributed by atoms with Crippen LogP contribution >= 0.6 is 22.9 Å². The minimum Gasteiger partial charge on any atom is -0.374 e. The van der Waals surface area contributed by atoms with Crippen LogP contribution in [0.4, 0.5) is 0 Å². The second kappa shape index (κ2) is 10.4. The lowest BCUT2D eigenvalue weighted by Gasteiger charge is -2.35. The molecule has 1 aromatic rings. The van der Waals surface area contributed by atoms with Crippen LogP contribution in [-0.2, 0) is 29.1 Å². The minimum atomic E-state index is -3.87. The molecule has 13 heteroatoms. The van der Waals surface area contributed by atoms with E-state index in [1.807, 2.05) is 4.90 Å². The molecule has 0 radical (unpaired) electrons. The Morgan fingerprint density at radius 3 is 2.69 bits per heavy atom. The van der Waals surface area contributed by atoms with Gasteiger partial charge in [0, 0.05) is 29.9 Å². The van der Waals surface area contributed by atoms with Gasteiger partial charge in [0.2, 0.25) is 27.7 Å². The number of carbonyl (C=O) groups excluding carboxylic acids is 3. The van der Waals surface area contributed by atoms with E-state index in [0.717, 1.165) is 18.2 Å². The first-order valence-electron chi connectivity index (χ1n) is 12.2. The molecule has 3 amide bonds. The Morgan fingerprint density at radius 1 is 1.19 bits per heavy atom. The second-order valence-electron chi connectivity index (χ2n) is 9.64. The normalized spacial score (nSPS) is 28.6. The molecule has 0 aromatic carbocycles. The highest BCUT2D eigenvalue weighted by Gasteiger charge is 2.46. The van der Waals surface area contributed by atoms with Gasteiger partial charge in [0.1, 0.15) is 12.1 Å². The van der Waals surface area contributed by atoms with Gasteiger partial charge < -0.3 is 19.4 Å². The Hall–Kier alpha value is -1.99. The summed E-state index contributed by atoms with van der Waals surface area (Å²) in [5.41, 5.74) is 0. The van der Waals surface area contributed by atoms with E-state index in [1.54, 1.807) is 17.0 Å². The molecule has 4 fully saturated rings. The van der Waals surface area contributed by atoms with Crippen molar-refractivity contribution in [3.05, 3.63) is 26.8 Å². The molecule has 4 atom stereocenters. The fourth-order valence-electron chi connectivity index (χ4n) is 5.46. The van der Waals surface area contributed by atoms with Crippen molar-refractivity contribution in [3.8, 4) is 0 Å². The number of hydrogen-bond donors (Lipinski definition) is 1. The molecule has 0 aliphatic carbocycles. The van der Waals surface area contributed by atoms with Gasteiger partial charge in [-0.25, -0.2) is 8.42 Å². The van der Waals surface area contributed by atoms with Gasteiger partial charge >= 0.3 is 0 Å². The average Bonchev–Trinajstić information content (AvgIpc) is 3.64. The van der Waals surface area contributed by atoms with Crippen molar-refractivity contribution in [2.75, 3.05) is 32.8 Å². The number of nitrogens with zero attached hydrogens (tertiary/aromatic N) is 3. The van der Waals surface area contributed by atoms with Gasteiger partial charge in [0.25, 0.3) is 0 Å². The SMILES string of the molecule is O=C1[C@@H](NS(=O)(=O)/C=C/c2ccc(Cl)s2)CCCN1CC(=O)N1CCC[C@H]1C(=O)N1C[C@@H]2C[C@H]1CO2. The fraction of sp³-hybridized carbons (Fsp3) is 0.609. The van der Waals surface area contributed by atoms with Crippen molar-refractivity contribution in [2.45, 2.75) is 56.3 Å². The average molecular weight is 557 g/mol. The van der Waals surface area contributed by atoms with Gasteiger partial charge in [0.15, 0.2) is 0 Å². The number of nitrogens with one attached hydrogen (secondary N) is 1. The molecule has 10 nitrogen and oxygen atoms in total. The van der Waals surface area contributed by atoms with E-state index in [0.29, 0.717) is 54.7 Å². The van der Waals surface area contributed by atoms with E-state index in [-0.39, 0.29) is 30.5 Å². The summed E-state index contributed by atoms with van der Waals surface area (Å²) in [5.74, 6) is -0.745. The lowest BCUT2D eigenvalue weighted by Crippen LogP contribution is -2.56. The molecule has 1 aromatic heterocycles. The molecule has 4 aliphatic heterocycles. The zero-order valence-electron chi connectivity index (χ0n) is 19.7. The summed E-state index contributed by atoms with van der Waals surface area (Å²) >= 11 is 7.12. The maximum absolute atomic E-state index is 13.2. The number of sulfonamides is 1. The Morgan fingerprint density at radius 2 is 2.00 bits per heavy atom. The molecule has 4 aliphatic rings. The molecular weight excluding hydrogens is 528 g/mol. The number of fused-ring (bicyclic) bond motifs is 2. The third kappa shape index (κ3) is 5.47. The molecule has 4 saturated heterocycles. The van der Waals surface area contributed by atoms with Crippen LogP contribution in [0.15, 0.2) is 17.5 Å². The van der Waals surface area contributed by atoms with Gasteiger partial charge in [-0.3, -0.25) is 14.4 Å². The molecule has 0 unspecified atom stereocenters. The van der Waals surface area contributed by atoms with E-state index in [9.17, 15) is 22.8 Å². The van der Waals surface area contributed by atoms with Crippen LogP contribution in [0.1, 0.15) is 37.0 Å². The van der Waals surface area contributed by atoms with Gasteiger partial charge in [-0.15, -0.1) is 11.3 Å². The molecule has 0 saturated carbocycles. The maximum atomic E-state index is 13.2. The monoisotopic (exact) mass is 556 g/mol. The number of rotatable bonds is 7. The van der Waals surface area contributed by atoms with Crippen molar-refractivity contribution >= 4 is 56.8 Å².